The second kappa shape index (κ2) is 8.04. The molecule has 0 radical (unpaired) electrons. The predicted octanol–water partition coefficient (Wildman–Crippen LogP) is 7.15. The molecule has 0 saturated heterocycles. The minimum atomic E-state index is -0.142. The predicted molar refractivity (Wildman–Crippen MR) is 128 cm³/mol. The van der Waals surface area contributed by atoms with Gasteiger partial charge in [0.15, 0.2) is 0 Å². The van der Waals surface area contributed by atoms with Crippen LogP contribution in [0.2, 0.25) is 0 Å². The number of nitrogens with one attached hydrogen (secondary N) is 1. The summed E-state index contributed by atoms with van der Waals surface area (Å²) in [6.07, 6.45) is 0. The summed E-state index contributed by atoms with van der Waals surface area (Å²) in [5.74, 6) is -0.142. The molecule has 0 atom stereocenters. The van der Waals surface area contributed by atoms with Crippen molar-refractivity contribution in [3.63, 3.8) is 0 Å². The third kappa shape index (κ3) is 4.01. The van der Waals surface area contributed by atoms with Crippen molar-refractivity contribution in [1.29, 1.82) is 0 Å². The topological polar surface area (TPSA) is 42.0 Å². The number of pyridine rings is 1. The number of nitrogens with zero attached hydrogens (tertiary/aromatic N) is 1. The van der Waals surface area contributed by atoms with Gasteiger partial charge in [-0.1, -0.05) is 51.8 Å². The summed E-state index contributed by atoms with van der Waals surface area (Å²) < 4.78 is 0.928. The molecule has 1 heterocycles. The highest BCUT2D eigenvalue weighted by atomic mass is 79.9. The Labute approximate surface area is 185 Å². The third-order valence-electron chi connectivity index (χ3n) is 5.43. The zero-order valence-corrected chi connectivity index (χ0v) is 19.1. The van der Waals surface area contributed by atoms with Crippen LogP contribution >= 0.6 is 15.9 Å². The van der Waals surface area contributed by atoms with E-state index >= 15 is 0 Å². The smallest absolute Gasteiger partial charge is 0.256 e. The number of carbonyl (C=O) groups excluding carboxylic acids is 1. The van der Waals surface area contributed by atoms with Gasteiger partial charge in [0.25, 0.3) is 5.91 Å². The summed E-state index contributed by atoms with van der Waals surface area (Å²) in [4.78, 5) is 18.2. The molecule has 3 aromatic carbocycles. The monoisotopic (exact) mass is 458 g/mol. The van der Waals surface area contributed by atoms with E-state index in [1.807, 2.05) is 62.4 Å². The lowest BCUT2D eigenvalue weighted by Gasteiger charge is -2.13. The number of fused-ring (bicyclic) bond motifs is 1. The van der Waals surface area contributed by atoms with Gasteiger partial charge >= 0.3 is 0 Å². The van der Waals surface area contributed by atoms with Crippen molar-refractivity contribution in [2.24, 2.45) is 0 Å². The zero-order chi connectivity index (χ0) is 21.4. The van der Waals surface area contributed by atoms with Gasteiger partial charge < -0.3 is 5.32 Å². The van der Waals surface area contributed by atoms with E-state index in [4.69, 9.17) is 4.98 Å². The number of aryl methyl sites for hydroxylation is 4. The molecule has 0 aliphatic rings. The van der Waals surface area contributed by atoms with Crippen molar-refractivity contribution >= 4 is 38.4 Å². The molecule has 150 valence electrons. The van der Waals surface area contributed by atoms with Crippen LogP contribution in [-0.4, -0.2) is 10.9 Å². The maximum Gasteiger partial charge on any atom is 0.256 e. The first-order valence-corrected chi connectivity index (χ1v) is 10.7. The van der Waals surface area contributed by atoms with Crippen molar-refractivity contribution in [2.45, 2.75) is 27.7 Å². The van der Waals surface area contributed by atoms with Crippen LogP contribution in [-0.2, 0) is 0 Å². The summed E-state index contributed by atoms with van der Waals surface area (Å²) in [5, 5.41) is 3.90. The third-order valence-corrected chi connectivity index (χ3v) is 5.88. The Morgan fingerprint density at radius 3 is 2.27 bits per heavy atom. The lowest BCUT2D eigenvalue weighted by molar-refractivity contribution is 0.102. The van der Waals surface area contributed by atoms with Crippen LogP contribution in [0, 0.1) is 27.7 Å². The maximum atomic E-state index is 13.3. The molecule has 0 spiro atoms. The number of hydrogen-bond acceptors (Lipinski definition) is 2. The van der Waals surface area contributed by atoms with Gasteiger partial charge in [0.1, 0.15) is 0 Å². The van der Waals surface area contributed by atoms with E-state index < -0.39 is 0 Å². The summed E-state index contributed by atoms with van der Waals surface area (Å²) in [5.41, 5.74) is 8.57. The van der Waals surface area contributed by atoms with Crippen molar-refractivity contribution in [3.05, 3.63) is 93.0 Å². The largest absolute Gasteiger partial charge is 0.322 e. The van der Waals surface area contributed by atoms with Crippen LogP contribution in [0.15, 0.2) is 65.1 Å². The van der Waals surface area contributed by atoms with Gasteiger partial charge in [-0.2, -0.15) is 0 Å². The molecule has 3 nitrogen and oxygen atoms in total. The molecule has 30 heavy (non-hydrogen) atoms. The number of benzene rings is 3. The van der Waals surface area contributed by atoms with E-state index in [1.165, 1.54) is 11.1 Å². The Kier molecular flexibility index (Phi) is 5.44. The molecule has 4 rings (SSSR count). The molecule has 0 saturated carbocycles. The van der Waals surface area contributed by atoms with E-state index in [0.717, 1.165) is 43.4 Å². The Balaban J connectivity index is 1.86. The summed E-state index contributed by atoms with van der Waals surface area (Å²) in [6, 6.07) is 20.0. The number of hydrogen-bond donors (Lipinski definition) is 1. The quantitative estimate of drug-likeness (QED) is 0.354. The fourth-order valence-electron chi connectivity index (χ4n) is 3.53. The summed E-state index contributed by atoms with van der Waals surface area (Å²) in [6.45, 7) is 8.18. The highest BCUT2D eigenvalue weighted by Crippen LogP contribution is 2.30. The van der Waals surface area contributed by atoms with E-state index in [2.05, 4.69) is 47.2 Å². The molecule has 0 aliphatic carbocycles. The Hall–Kier alpha value is -2.98. The maximum absolute atomic E-state index is 13.3. The first-order valence-electron chi connectivity index (χ1n) is 9.88. The van der Waals surface area contributed by atoms with Crippen LogP contribution < -0.4 is 5.32 Å². The molecule has 0 unspecified atom stereocenters. The standard InChI is InChI=1S/C26H23BrN2O/c1-15-5-8-19(9-6-15)24-14-23(22-13-20(27)11-18(4)25(22)29-24)26(30)28-21-10-7-16(2)17(3)12-21/h5-14H,1-4H3,(H,28,30). The fraction of sp³-hybridized carbons (Fsp3) is 0.154. The second-order valence-corrected chi connectivity index (χ2v) is 8.71. The first-order chi connectivity index (χ1) is 14.3. The van der Waals surface area contributed by atoms with Gasteiger partial charge in [-0.25, -0.2) is 4.98 Å². The van der Waals surface area contributed by atoms with Gasteiger partial charge in [0.05, 0.1) is 16.8 Å². The molecular weight excluding hydrogens is 436 g/mol. The van der Waals surface area contributed by atoms with E-state index in [9.17, 15) is 4.79 Å². The van der Waals surface area contributed by atoms with Crippen molar-refractivity contribution in [1.82, 2.24) is 4.98 Å². The highest BCUT2D eigenvalue weighted by Gasteiger charge is 2.16. The number of aromatic nitrogens is 1. The van der Waals surface area contributed by atoms with Gasteiger partial charge in [0, 0.05) is 21.1 Å². The normalized spacial score (nSPS) is 11.0. The van der Waals surface area contributed by atoms with Crippen LogP contribution in [0.5, 0.6) is 0 Å². The van der Waals surface area contributed by atoms with Gasteiger partial charge in [-0.15, -0.1) is 0 Å². The molecule has 1 aromatic heterocycles. The van der Waals surface area contributed by atoms with Crippen molar-refractivity contribution in [3.8, 4) is 11.3 Å². The van der Waals surface area contributed by atoms with Crippen molar-refractivity contribution < 1.29 is 4.79 Å². The average Bonchev–Trinajstić information content (AvgIpc) is 2.70. The SMILES string of the molecule is Cc1ccc(-c2cc(C(=O)Nc3ccc(C)c(C)c3)c3cc(Br)cc(C)c3n2)cc1. The van der Waals surface area contributed by atoms with Gasteiger partial charge in [-0.05, 0) is 74.7 Å². The fourth-order valence-corrected chi connectivity index (χ4v) is 4.11. The minimum Gasteiger partial charge on any atom is -0.322 e. The minimum absolute atomic E-state index is 0.142. The number of halogens is 1. The number of anilines is 1. The lowest BCUT2D eigenvalue weighted by atomic mass is 10.0. The Morgan fingerprint density at radius 1 is 0.833 bits per heavy atom. The zero-order valence-electron chi connectivity index (χ0n) is 17.5. The molecule has 0 fully saturated rings. The summed E-state index contributed by atoms with van der Waals surface area (Å²) in [7, 11) is 0. The highest BCUT2D eigenvalue weighted by molar-refractivity contribution is 9.10. The lowest BCUT2D eigenvalue weighted by Crippen LogP contribution is -2.13. The summed E-state index contributed by atoms with van der Waals surface area (Å²) >= 11 is 3.56. The first kappa shape index (κ1) is 20.3. The van der Waals surface area contributed by atoms with Crippen LogP contribution in [0.4, 0.5) is 5.69 Å². The van der Waals surface area contributed by atoms with Gasteiger partial charge in [0.2, 0.25) is 0 Å². The molecule has 1 N–H and O–H groups in total. The molecule has 0 bridgehead atoms. The van der Waals surface area contributed by atoms with Crippen LogP contribution in [0.1, 0.15) is 32.6 Å². The molecule has 1 amide bonds. The number of amides is 1. The molecule has 0 aliphatic heterocycles. The molecular formula is C26H23BrN2O. The van der Waals surface area contributed by atoms with Crippen LogP contribution in [0.25, 0.3) is 22.2 Å². The van der Waals surface area contributed by atoms with E-state index in [0.29, 0.717) is 5.56 Å². The Bertz CT molecular complexity index is 1280. The van der Waals surface area contributed by atoms with E-state index in [-0.39, 0.29) is 5.91 Å². The second-order valence-electron chi connectivity index (χ2n) is 7.79. The van der Waals surface area contributed by atoms with E-state index in [1.54, 1.807) is 0 Å². The molecule has 4 heteroatoms. The van der Waals surface area contributed by atoms with Crippen molar-refractivity contribution in [2.75, 3.05) is 5.32 Å². The molecule has 4 aromatic rings. The Morgan fingerprint density at radius 2 is 1.57 bits per heavy atom. The average molecular weight is 459 g/mol. The number of rotatable bonds is 3. The van der Waals surface area contributed by atoms with Crippen LogP contribution in [0.3, 0.4) is 0 Å². The number of carbonyl (C=O) groups is 1. The van der Waals surface area contributed by atoms with Gasteiger partial charge in [-0.3, -0.25) is 4.79 Å².